The number of hydrogen-bond donors (Lipinski definition) is 1. The minimum absolute atomic E-state index is 0.618. The largest absolute Gasteiger partial charge is 0.437 e. The summed E-state index contributed by atoms with van der Waals surface area (Å²) in [6.45, 7) is 10.1. The second-order valence-electron chi connectivity index (χ2n) is 5.71. The van der Waals surface area contributed by atoms with Gasteiger partial charge in [0.05, 0.1) is 17.0 Å². The van der Waals surface area contributed by atoms with Crippen LogP contribution in [-0.2, 0) is 13.6 Å². The van der Waals surface area contributed by atoms with Crippen molar-refractivity contribution in [1.82, 2.24) is 20.1 Å². The van der Waals surface area contributed by atoms with Crippen LogP contribution in [0, 0.1) is 19.8 Å². The molecule has 0 saturated heterocycles. The molecule has 5 nitrogen and oxygen atoms in total. The normalized spacial score (nSPS) is 11.1. The maximum Gasteiger partial charge on any atom is 0.222 e. The van der Waals surface area contributed by atoms with Gasteiger partial charge in [-0.1, -0.05) is 13.8 Å². The Labute approximate surface area is 126 Å². The van der Waals surface area contributed by atoms with Crippen LogP contribution in [0.4, 0.5) is 0 Å². The molecular weight excluding hydrogens is 264 g/mol. The molecule has 0 amide bonds. The molecule has 5 heteroatoms. The third-order valence-electron chi connectivity index (χ3n) is 3.31. The Balaban J connectivity index is 2.20. The molecule has 0 saturated carbocycles. The van der Waals surface area contributed by atoms with Gasteiger partial charge in [-0.3, -0.25) is 4.98 Å². The topological polar surface area (TPSA) is 52.0 Å². The van der Waals surface area contributed by atoms with E-state index in [0.717, 1.165) is 41.7 Å². The minimum Gasteiger partial charge on any atom is -0.437 e. The van der Waals surface area contributed by atoms with E-state index >= 15 is 0 Å². The fraction of sp³-hybridized carbons (Fsp3) is 0.500. The number of ether oxygens (including phenoxy) is 1. The van der Waals surface area contributed by atoms with E-state index in [1.807, 2.05) is 33.0 Å². The number of pyridine rings is 1. The molecule has 0 aliphatic heterocycles. The van der Waals surface area contributed by atoms with E-state index in [1.54, 1.807) is 10.9 Å². The molecule has 2 heterocycles. The van der Waals surface area contributed by atoms with Gasteiger partial charge in [0.1, 0.15) is 0 Å². The maximum absolute atomic E-state index is 6.05. The molecule has 0 spiro atoms. The fourth-order valence-electron chi connectivity index (χ4n) is 2.18. The summed E-state index contributed by atoms with van der Waals surface area (Å²) in [5.41, 5.74) is 2.96. The SMILES string of the molecule is Cc1ncccc1Oc1c(CNCC(C)C)c(C)nn1C. The summed E-state index contributed by atoms with van der Waals surface area (Å²) in [6.07, 6.45) is 1.77. The Hall–Kier alpha value is -1.88. The molecular formula is C16H24N4O. The summed E-state index contributed by atoms with van der Waals surface area (Å²) in [6, 6.07) is 3.80. The lowest BCUT2D eigenvalue weighted by atomic mass is 10.2. The third kappa shape index (κ3) is 3.82. The van der Waals surface area contributed by atoms with Crippen molar-refractivity contribution in [2.24, 2.45) is 13.0 Å². The second kappa shape index (κ2) is 6.72. The van der Waals surface area contributed by atoms with Crippen LogP contribution in [0.25, 0.3) is 0 Å². The van der Waals surface area contributed by atoms with Gasteiger partial charge >= 0.3 is 0 Å². The van der Waals surface area contributed by atoms with E-state index in [4.69, 9.17) is 4.74 Å². The highest BCUT2D eigenvalue weighted by Crippen LogP contribution is 2.28. The molecule has 2 rings (SSSR count). The van der Waals surface area contributed by atoms with Crippen molar-refractivity contribution in [3.8, 4) is 11.6 Å². The highest BCUT2D eigenvalue weighted by atomic mass is 16.5. The zero-order chi connectivity index (χ0) is 15.4. The Morgan fingerprint density at radius 3 is 2.71 bits per heavy atom. The van der Waals surface area contributed by atoms with Gasteiger partial charge in [0.2, 0.25) is 5.88 Å². The van der Waals surface area contributed by atoms with Gasteiger partial charge in [-0.05, 0) is 38.4 Å². The van der Waals surface area contributed by atoms with Crippen LogP contribution in [0.2, 0.25) is 0 Å². The average Bonchev–Trinajstić information content (AvgIpc) is 2.67. The standard InChI is InChI=1S/C16H24N4O/c1-11(2)9-17-10-14-12(3)19-20(5)16(14)21-15-7-6-8-18-13(15)4/h6-8,11,17H,9-10H2,1-5H3. The van der Waals surface area contributed by atoms with Gasteiger partial charge in [-0.2, -0.15) is 5.10 Å². The van der Waals surface area contributed by atoms with Crippen LogP contribution in [0.15, 0.2) is 18.3 Å². The van der Waals surface area contributed by atoms with Gasteiger partial charge in [0.25, 0.3) is 0 Å². The van der Waals surface area contributed by atoms with Crippen molar-refractivity contribution < 1.29 is 4.74 Å². The summed E-state index contributed by atoms with van der Waals surface area (Å²) < 4.78 is 7.83. The van der Waals surface area contributed by atoms with Crippen molar-refractivity contribution in [2.45, 2.75) is 34.2 Å². The van der Waals surface area contributed by atoms with E-state index in [2.05, 4.69) is 29.2 Å². The van der Waals surface area contributed by atoms with Gasteiger partial charge in [-0.25, -0.2) is 4.68 Å². The average molecular weight is 288 g/mol. The molecule has 1 N–H and O–H groups in total. The molecule has 2 aromatic rings. The van der Waals surface area contributed by atoms with Crippen LogP contribution in [0.5, 0.6) is 11.6 Å². The van der Waals surface area contributed by atoms with Gasteiger partial charge in [0, 0.05) is 19.8 Å². The lowest BCUT2D eigenvalue weighted by Gasteiger charge is -2.11. The molecule has 0 fully saturated rings. The second-order valence-corrected chi connectivity index (χ2v) is 5.71. The molecule has 114 valence electrons. The predicted octanol–water partition coefficient (Wildman–Crippen LogP) is 2.97. The lowest BCUT2D eigenvalue weighted by Crippen LogP contribution is -2.19. The van der Waals surface area contributed by atoms with Crippen LogP contribution in [-0.4, -0.2) is 21.3 Å². The number of aromatic nitrogens is 3. The van der Waals surface area contributed by atoms with E-state index in [9.17, 15) is 0 Å². The van der Waals surface area contributed by atoms with Crippen molar-refractivity contribution in [3.63, 3.8) is 0 Å². The van der Waals surface area contributed by atoms with Crippen molar-refractivity contribution in [2.75, 3.05) is 6.54 Å². The number of aryl methyl sites for hydroxylation is 3. The Kier molecular flexibility index (Phi) is 4.96. The first-order chi connectivity index (χ1) is 9.99. The van der Waals surface area contributed by atoms with E-state index in [-0.39, 0.29) is 0 Å². The smallest absolute Gasteiger partial charge is 0.222 e. The van der Waals surface area contributed by atoms with Crippen molar-refractivity contribution in [1.29, 1.82) is 0 Å². The molecule has 21 heavy (non-hydrogen) atoms. The number of nitrogens with zero attached hydrogens (tertiary/aromatic N) is 3. The minimum atomic E-state index is 0.618. The molecule has 0 aliphatic rings. The molecule has 0 radical (unpaired) electrons. The highest BCUT2D eigenvalue weighted by Gasteiger charge is 2.16. The molecule has 0 bridgehead atoms. The Bertz CT molecular complexity index is 604. The van der Waals surface area contributed by atoms with Crippen LogP contribution in [0.1, 0.15) is 30.8 Å². The van der Waals surface area contributed by atoms with Crippen LogP contribution in [0.3, 0.4) is 0 Å². The van der Waals surface area contributed by atoms with Crippen LogP contribution < -0.4 is 10.1 Å². The van der Waals surface area contributed by atoms with E-state index in [1.165, 1.54) is 0 Å². The third-order valence-corrected chi connectivity index (χ3v) is 3.31. The Morgan fingerprint density at radius 2 is 2.05 bits per heavy atom. The van der Waals surface area contributed by atoms with Gasteiger partial charge in [-0.15, -0.1) is 0 Å². The molecule has 0 unspecified atom stereocenters. The first kappa shape index (κ1) is 15.5. The summed E-state index contributed by atoms with van der Waals surface area (Å²) in [4.78, 5) is 4.26. The first-order valence-electron chi connectivity index (χ1n) is 7.31. The zero-order valence-corrected chi connectivity index (χ0v) is 13.5. The summed E-state index contributed by atoms with van der Waals surface area (Å²) in [5.74, 6) is 2.16. The fourth-order valence-corrected chi connectivity index (χ4v) is 2.18. The maximum atomic E-state index is 6.05. The summed E-state index contributed by atoms with van der Waals surface area (Å²) in [7, 11) is 1.90. The quantitative estimate of drug-likeness (QED) is 0.888. The molecule has 0 atom stereocenters. The molecule has 0 aromatic carbocycles. The van der Waals surface area contributed by atoms with E-state index < -0.39 is 0 Å². The summed E-state index contributed by atoms with van der Waals surface area (Å²) in [5, 5.41) is 7.91. The number of rotatable bonds is 6. The first-order valence-corrected chi connectivity index (χ1v) is 7.31. The van der Waals surface area contributed by atoms with Crippen LogP contribution >= 0.6 is 0 Å². The predicted molar refractivity (Wildman–Crippen MR) is 83.5 cm³/mol. The molecule has 0 aliphatic carbocycles. The summed E-state index contributed by atoms with van der Waals surface area (Å²) >= 11 is 0. The van der Waals surface area contributed by atoms with Gasteiger partial charge in [0.15, 0.2) is 5.75 Å². The lowest BCUT2D eigenvalue weighted by molar-refractivity contribution is 0.418. The van der Waals surface area contributed by atoms with E-state index in [0.29, 0.717) is 5.92 Å². The van der Waals surface area contributed by atoms with Crippen molar-refractivity contribution in [3.05, 3.63) is 35.3 Å². The van der Waals surface area contributed by atoms with Crippen molar-refractivity contribution >= 4 is 0 Å². The number of nitrogens with one attached hydrogen (secondary N) is 1. The Morgan fingerprint density at radius 1 is 1.29 bits per heavy atom. The zero-order valence-electron chi connectivity index (χ0n) is 13.5. The number of hydrogen-bond acceptors (Lipinski definition) is 4. The highest BCUT2D eigenvalue weighted by molar-refractivity contribution is 5.36. The monoisotopic (exact) mass is 288 g/mol. The molecule has 2 aromatic heterocycles. The van der Waals surface area contributed by atoms with Gasteiger partial charge < -0.3 is 10.1 Å².